The number of carbonyl (C=O) groups excluding carboxylic acids is 1. The Labute approximate surface area is 231 Å². The van der Waals surface area contributed by atoms with Gasteiger partial charge in [-0.3, -0.25) is 4.79 Å². The maximum absolute atomic E-state index is 13.5. The van der Waals surface area contributed by atoms with Gasteiger partial charge in [-0.2, -0.15) is 9.78 Å². The fraction of sp³-hybridized carbons (Fsp3) is 0.172. The topological polar surface area (TPSA) is 105 Å². The van der Waals surface area contributed by atoms with Crippen LogP contribution in [-0.2, 0) is 9.53 Å². The summed E-state index contributed by atoms with van der Waals surface area (Å²) in [6.07, 6.45) is 0.675. The molecule has 2 aromatic heterocycles. The van der Waals surface area contributed by atoms with Gasteiger partial charge in [0.15, 0.2) is 23.4 Å². The van der Waals surface area contributed by atoms with Gasteiger partial charge in [-0.1, -0.05) is 30.3 Å². The van der Waals surface area contributed by atoms with E-state index in [4.69, 9.17) is 23.6 Å². The van der Waals surface area contributed by atoms with Crippen molar-refractivity contribution >= 4 is 50.0 Å². The zero-order valence-electron chi connectivity index (χ0n) is 21.4. The van der Waals surface area contributed by atoms with Crippen LogP contribution in [0.25, 0.3) is 33.5 Å². The number of hydrogen-bond donors (Lipinski definition) is 0. The Morgan fingerprint density at radius 3 is 2.67 bits per heavy atom. The predicted molar refractivity (Wildman–Crippen MR) is 152 cm³/mol. The standard InChI is InChI=1S/C29H24BrN3O6/c1-4-37-29(35)17(2)38-25-15-21(30)19(14-24(25)36-3)16-31-33-27(26-13-18-9-5-8-12-23(18)39-26)32-22-11-7-6-10-20(22)28(33)34/h5-17H,4H2,1-3H3/t17-/m0/s1. The second-order valence-electron chi connectivity index (χ2n) is 8.50. The Morgan fingerprint density at radius 2 is 1.90 bits per heavy atom. The summed E-state index contributed by atoms with van der Waals surface area (Å²) in [7, 11) is 1.49. The molecule has 0 amide bonds. The number of benzene rings is 3. The van der Waals surface area contributed by atoms with Gasteiger partial charge >= 0.3 is 5.97 Å². The minimum Gasteiger partial charge on any atom is -0.493 e. The number of esters is 1. The van der Waals surface area contributed by atoms with E-state index in [9.17, 15) is 9.59 Å². The van der Waals surface area contributed by atoms with Crippen molar-refractivity contribution < 1.29 is 23.4 Å². The highest BCUT2D eigenvalue weighted by molar-refractivity contribution is 9.10. The third kappa shape index (κ3) is 5.28. The Balaban J connectivity index is 1.58. The molecule has 0 aliphatic heterocycles. The number of aromatic nitrogens is 2. The number of methoxy groups -OCH3 is 1. The zero-order chi connectivity index (χ0) is 27.5. The van der Waals surface area contributed by atoms with E-state index < -0.39 is 12.1 Å². The lowest BCUT2D eigenvalue weighted by Crippen LogP contribution is -2.26. The molecule has 0 N–H and O–H groups in total. The van der Waals surface area contributed by atoms with Gasteiger partial charge in [-0.05, 0) is 66.2 Å². The fourth-order valence-electron chi connectivity index (χ4n) is 4.00. The fourth-order valence-corrected chi connectivity index (χ4v) is 4.43. The molecule has 0 saturated carbocycles. The molecular weight excluding hydrogens is 566 g/mol. The first-order valence-electron chi connectivity index (χ1n) is 12.2. The summed E-state index contributed by atoms with van der Waals surface area (Å²) in [5.41, 5.74) is 1.45. The molecule has 0 radical (unpaired) electrons. The van der Waals surface area contributed by atoms with Crippen LogP contribution in [0, 0.1) is 0 Å². The Kier molecular flexibility index (Phi) is 7.47. The molecule has 1 atom stereocenters. The van der Waals surface area contributed by atoms with E-state index in [-0.39, 0.29) is 18.0 Å². The molecule has 5 rings (SSSR count). The Bertz CT molecular complexity index is 1740. The molecule has 9 nitrogen and oxygen atoms in total. The Morgan fingerprint density at radius 1 is 1.13 bits per heavy atom. The lowest BCUT2D eigenvalue weighted by molar-refractivity contribution is -0.150. The molecule has 0 aliphatic rings. The molecule has 0 bridgehead atoms. The van der Waals surface area contributed by atoms with Gasteiger partial charge in [0.1, 0.15) is 5.58 Å². The van der Waals surface area contributed by atoms with Gasteiger partial charge in [-0.15, -0.1) is 0 Å². The summed E-state index contributed by atoms with van der Waals surface area (Å²) in [6, 6.07) is 19.8. The molecule has 0 unspecified atom stereocenters. The third-order valence-electron chi connectivity index (χ3n) is 5.92. The van der Waals surface area contributed by atoms with Crippen molar-refractivity contribution in [2.75, 3.05) is 13.7 Å². The largest absolute Gasteiger partial charge is 0.493 e. The van der Waals surface area contributed by atoms with E-state index in [2.05, 4.69) is 21.0 Å². The van der Waals surface area contributed by atoms with Crippen molar-refractivity contribution in [3.05, 3.63) is 87.1 Å². The molecule has 10 heteroatoms. The van der Waals surface area contributed by atoms with Gasteiger partial charge in [0.05, 0.1) is 30.8 Å². The van der Waals surface area contributed by atoms with E-state index in [1.54, 1.807) is 44.2 Å². The highest BCUT2D eigenvalue weighted by Gasteiger charge is 2.20. The molecule has 0 saturated heterocycles. The average molecular weight is 590 g/mol. The maximum Gasteiger partial charge on any atom is 0.347 e. The summed E-state index contributed by atoms with van der Waals surface area (Å²) in [4.78, 5) is 30.3. The molecule has 0 spiro atoms. The van der Waals surface area contributed by atoms with Crippen molar-refractivity contribution in [2.45, 2.75) is 20.0 Å². The molecular formula is C29H24BrN3O6. The second-order valence-corrected chi connectivity index (χ2v) is 9.35. The minimum atomic E-state index is -0.834. The molecule has 198 valence electrons. The number of halogens is 1. The zero-order valence-corrected chi connectivity index (χ0v) is 23.0. The number of para-hydroxylation sites is 2. The molecule has 0 fully saturated rings. The van der Waals surface area contributed by atoms with Crippen LogP contribution in [0.4, 0.5) is 0 Å². The summed E-state index contributed by atoms with van der Waals surface area (Å²) < 4.78 is 24.1. The van der Waals surface area contributed by atoms with E-state index >= 15 is 0 Å². The van der Waals surface area contributed by atoms with Gasteiger partial charge in [0.2, 0.25) is 5.82 Å². The second kappa shape index (κ2) is 11.1. The number of carbonyl (C=O) groups is 1. The first-order valence-corrected chi connectivity index (χ1v) is 12.9. The molecule has 5 aromatic rings. The lowest BCUT2D eigenvalue weighted by atomic mass is 10.2. The highest BCUT2D eigenvalue weighted by atomic mass is 79.9. The third-order valence-corrected chi connectivity index (χ3v) is 6.60. The minimum absolute atomic E-state index is 0.252. The van der Waals surface area contributed by atoms with Crippen LogP contribution in [0.3, 0.4) is 0 Å². The van der Waals surface area contributed by atoms with E-state index in [0.29, 0.717) is 43.8 Å². The van der Waals surface area contributed by atoms with Crippen LogP contribution in [0.1, 0.15) is 19.4 Å². The number of rotatable bonds is 8. The first kappa shape index (κ1) is 26.2. The van der Waals surface area contributed by atoms with E-state index in [1.165, 1.54) is 18.0 Å². The highest BCUT2D eigenvalue weighted by Crippen LogP contribution is 2.34. The number of nitrogens with zero attached hydrogens (tertiary/aromatic N) is 3. The van der Waals surface area contributed by atoms with Crippen LogP contribution in [0.15, 0.2) is 85.5 Å². The predicted octanol–water partition coefficient (Wildman–Crippen LogP) is 5.79. The van der Waals surface area contributed by atoms with Crippen LogP contribution in [0.5, 0.6) is 11.5 Å². The van der Waals surface area contributed by atoms with Gasteiger partial charge in [0.25, 0.3) is 5.56 Å². The van der Waals surface area contributed by atoms with Crippen molar-refractivity contribution in [2.24, 2.45) is 5.10 Å². The maximum atomic E-state index is 13.5. The Hall–Kier alpha value is -4.44. The summed E-state index contributed by atoms with van der Waals surface area (Å²) >= 11 is 3.52. The quantitative estimate of drug-likeness (QED) is 0.166. The van der Waals surface area contributed by atoms with Crippen molar-refractivity contribution in [1.29, 1.82) is 0 Å². The molecule has 2 heterocycles. The van der Waals surface area contributed by atoms with Crippen molar-refractivity contribution in [3.63, 3.8) is 0 Å². The summed E-state index contributed by atoms with van der Waals surface area (Å²) in [6.45, 7) is 3.58. The average Bonchev–Trinajstić information content (AvgIpc) is 3.37. The van der Waals surface area contributed by atoms with Crippen molar-refractivity contribution in [1.82, 2.24) is 9.66 Å². The number of fused-ring (bicyclic) bond motifs is 2. The molecule has 0 aliphatic carbocycles. The lowest BCUT2D eigenvalue weighted by Gasteiger charge is -2.16. The van der Waals surface area contributed by atoms with Crippen LogP contribution in [0.2, 0.25) is 0 Å². The molecule has 39 heavy (non-hydrogen) atoms. The van der Waals surface area contributed by atoms with Crippen LogP contribution < -0.4 is 15.0 Å². The van der Waals surface area contributed by atoms with E-state index in [0.717, 1.165) is 5.39 Å². The number of hydrogen-bond acceptors (Lipinski definition) is 8. The SMILES string of the molecule is CCOC(=O)[C@H](C)Oc1cc(Br)c(C=Nn2c(-c3cc4ccccc4o3)nc3ccccc3c2=O)cc1OC. The van der Waals surface area contributed by atoms with Crippen LogP contribution >= 0.6 is 15.9 Å². The number of ether oxygens (including phenoxy) is 3. The normalized spacial score (nSPS) is 12.2. The molecule has 3 aromatic carbocycles. The number of furan rings is 1. The smallest absolute Gasteiger partial charge is 0.347 e. The van der Waals surface area contributed by atoms with E-state index in [1.807, 2.05) is 36.4 Å². The van der Waals surface area contributed by atoms with Crippen LogP contribution in [-0.4, -0.2) is 41.7 Å². The summed E-state index contributed by atoms with van der Waals surface area (Å²) in [5, 5.41) is 5.81. The first-order chi connectivity index (χ1) is 18.9. The van der Waals surface area contributed by atoms with Gasteiger partial charge in [-0.25, -0.2) is 9.78 Å². The van der Waals surface area contributed by atoms with Crippen molar-refractivity contribution in [3.8, 4) is 23.1 Å². The summed E-state index contributed by atoms with van der Waals surface area (Å²) in [5.74, 6) is 0.900. The monoisotopic (exact) mass is 589 g/mol. The van der Waals surface area contributed by atoms with Gasteiger partial charge in [0, 0.05) is 15.4 Å². The van der Waals surface area contributed by atoms with Gasteiger partial charge < -0.3 is 18.6 Å².